The van der Waals surface area contributed by atoms with Crippen LogP contribution >= 0.6 is 0 Å². The van der Waals surface area contributed by atoms with Crippen molar-refractivity contribution in [3.8, 4) is 0 Å². The number of hydrogen-bond acceptors (Lipinski definition) is 5. The van der Waals surface area contributed by atoms with Crippen molar-refractivity contribution in [2.24, 2.45) is 11.8 Å². The number of ether oxygens (including phenoxy) is 1. The van der Waals surface area contributed by atoms with Crippen LogP contribution in [0.2, 0.25) is 0 Å². The Hall–Kier alpha value is -2.63. The number of methoxy groups -OCH3 is 1. The molecular weight excluding hydrogens is 340 g/mol. The standard InChI is InChI=1S/C21H26N4O2/c1-3-25-20-17(13-23-25)19(16-6-4-5-7-18(16)24-20)22-12-14-8-10-15(11-9-14)21(26)27-2/h4-7,13-15H,3,8-12H2,1-2H3,(H,22,24). The highest BCUT2D eigenvalue weighted by Gasteiger charge is 2.27. The Bertz CT molecular complexity index is 957. The molecule has 1 saturated carbocycles. The van der Waals surface area contributed by atoms with Gasteiger partial charge in [-0.15, -0.1) is 0 Å². The average Bonchev–Trinajstić information content (AvgIpc) is 3.13. The zero-order valence-corrected chi connectivity index (χ0v) is 15.9. The summed E-state index contributed by atoms with van der Waals surface area (Å²) in [6.07, 6.45) is 5.84. The minimum absolute atomic E-state index is 0.0600. The molecule has 4 rings (SSSR count). The van der Waals surface area contributed by atoms with Gasteiger partial charge in [-0.3, -0.25) is 4.79 Å². The number of aromatic nitrogens is 3. The molecule has 142 valence electrons. The average molecular weight is 366 g/mol. The van der Waals surface area contributed by atoms with Gasteiger partial charge < -0.3 is 10.1 Å². The van der Waals surface area contributed by atoms with Gasteiger partial charge in [0.1, 0.15) is 0 Å². The largest absolute Gasteiger partial charge is 0.469 e. The molecule has 1 aromatic carbocycles. The Kier molecular flexibility index (Phi) is 4.97. The van der Waals surface area contributed by atoms with Crippen molar-refractivity contribution in [3.05, 3.63) is 30.5 Å². The number of carbonyl (C=O) groups excluding carboxylic acids is 1. The normalized spacial score (nSPS) is 20.1. The van der Waals surface area contributed by atoms with Crippen molar-refractivity contribution in [2.75, 3.05) is 19.0 Å². The molecule has 0 bridgehead atoms. The third-order valence-corrected chi connectivity index (χ3v) is 5.73. The number of nitrogens with one attached hydrogen (secondary N) is 1. The number of rotatable bonds is 5. The van der Waals surface area contributed by atoms with Gasteiger partial charge in [0.2, 0.25) is 0 Å². The predicted molar refractivity (Wildman–Crippen MR) is 107 cm³/mol. The van der Waals surface area contributed by atoms with Crippen molar-refractivity contribution in [1.82, 2.24) is 14.8 Å². The van der Waals surface area contributed by atoms with E-state index in [9.17, 15) is 4.79 Å². The second-order valence-corrected chi connectivity index (χ2v) is 7.32. The van der Waals surface area contributed by atoms with E-state index in [2.05, 4.69) is 29.5 Å². The zero-order chi connectivity index (χ0) is 18.8. The van der Waals surface area contributed by atoms with Gasteiger partial charge in [0, 0.05) is 18.5 Å². The molecule has 0 amide bonds. The molecule has 1 fully saturated rings. The van der Waals surface area contributed by atoms with E-state index in [0.29, 0.717) is 5.92 Å². The highest BCUT2D eigenvalue weighted by Crippen LogP contribution is 2.33. The fourth-order valence-corrected chi connectivity index (χ4v) is 4.15. The van der Waals surface area contributed by atoms with E-state index in [-0.39, 0.29) is 11.9 Å². The lowest BCUT2D eigenvalue weighted by atomic mass is 9.82. The number of esters is 1. The molecule has 27 heavy (non-hydrogen) atoms. The minimum Gasteiger partial charge on any atom is -0.469 e. The molecule has 6 heteroatoms. The van der Waals surface area contributed by atoms with Gasteiger partial charge in [0.05, 0.1) is 35.8 Å². The van der Waals surface area contributed by atoms with Gasteiger partial charge in [0.15, 0.2) is 5.65 Å². The molecule has 0 aliphatic heterocycles. The SMILES string of the molecule is CCn1ncc2c(NCC3CCC(C(=O)OC)CC3)c3ccccc3nc21. The zero-order valence-electron chi connectivity index (χ0n) is 15.9. The Morgan fingerprint density at radius 3 is 2.74 bits per heavy atom. The number of anilines is 1. The minimum atomic E-state index is -0.0600. The molecule has 6 nitrogen and oxygen atoms in total. The number of benzene rings is 1. The van der Waals surface area contributed by atoms with Crippen LogP contribution in [-0.4, -0.2) is 34.4 Å². The van der Waals surface area contributed by atoms with Crippen molar-refractivity contribution >= 4 is 33.6 Å². The van der Waals surface area contributed by atoms with Crippen LogP contribution in [0.5, 0.6) is 0 Å². The molecule has 0 radical (unpaired) electrons. The Labute approximate surface area is 158 Å². The smallest absolute Gasteiger partial charge is 0.308 e. The van der Waals surface area contributed by atoms with Gasteiger partial charge >= 0.3 is 5.97 Å². The molecule has 1 N–H and O–H groups in total. The van der Waals surface area contributed by atoms with Crippen LogP contribution in [0.1, 0.15) is 32.6 Å². The van der Waals surface area contributed by atoms with E-state index >= 15 is 0 Å². The first-order valence-electron chi connectivity index (χ1n) is 9.77. The molecule has 1 aliphatic carbocycles. The highest BCUT2D eigenvalue weighted by molar-refractivity contribution is 6.06. The van der Waals surface area contributed by atoms with Crippen molar-refractivity contribution < 1.29 is 9.53 Å². The lowest BCUT2D eigenvalue weighted by Gasteiger charge is -2.27. The van der Waals surface area contributed by atoms with Crippen molar-refractivity contribution in [2.45, 2.75) is 39.2 Å². The van der Waals surface area contributed by atoms with Crippen molar-refractivity contribution in [3.63, 3.8) is 0 Å². The lowest BCUT2D eigenvalue weighted by Crippen LogP contribution is -2.26. The van der Waals surface area contributed by atoms with Gasteiger partial charge in [0.25, 0.3) is 0 Å². The van der Waals surface area contributed by atoms with Crippen LogP contribution in [0.15, 0.2) is 30.5 Å². The summed E-state index contributed by atoms with van der Waals surface area (Å²) in [7, 11) is 1.48. The molecule has 2 heterocycles. The summed E-state index contributed by atoms with van der Waals surface area (Å²) in [5.74, 6) is 0.576. The Morgan fingerprint density at radius 2 is 2.00 bits per heavy atom. The van der Waals surface area contributed by atoms with Crippen LogP contribution in [0.3, 0.4) is 0 Å². The number of fused-ring (bicyclic) bond motifs is 2. The summed E-state index contributed by atoms with van der Waals surface area (Å²) in [6, 6.07) is 8.23. The van der Waals surface area contributed by atoms with Crippen LogP contribution in [-0.2, 0) is 16.1 Å². The Balaban J connectivity index is 1.56. The van der Waals surface area contributed by atoms with Gasteiger partial charge in [-0.25, -0.2) is 9.67 Å². The molecule has 0 saturated heterocycles. The number of carbonyl (C=O) groups is 1. The summed E-state index contributed by atoms with van der Waals surface area (Å²) in [5, 5.41) is 10.4. The van der Waals surface area contributed by atoms with Crippen LogP contribution in [0.25, 0.3) is 21.9 Å². The molecule has 1 aliphatic rings. The molecule has 0 unspecified atom stereocenters. The number of para-hydroxylation sites is 1. The van der Waals surface area contributed by atoms with E-state index in [1.807, 2.05) is 23.0 Å². The van der Waals surface area contributed by atoms with Crippen molar-refractivity contribution in [1.29, 1.82) is 0 Å². The first-order chi connectivity index (χ1) is 13.2. The lowest BCUT2D eigenvalue weighted by molar-refractivity contribution is -0.146. The summed E-state index contributed by atoms with van der Waals surface area (Å²) >= 11 is 0. The second-order valence-electron chi connectivity index (χ2n) is 7.32. The fraction of sp³-hybridized carbons (Fsp3) is 0.476. The third kappa shape index (κ3) is 3.36. The quantitative estimate of drug-likeness (QED) is 0.691. The first-order valence-corrected chi connectivity index (χ1v) is 9.77. The highest BCUT2D eigenvalue weighted by atomic mass is 16.5. The number of pyridine rings is 1. The number of hydrogen-bond donors (Lipinski definition) is 1. The summed E-state index contributed by atoms with van der Waals surface area (Å²) < 4.78 is 6.83. The molecule has 0 spiro atoms. The van der Waals surface area contributed by atoms with Gasteiger partial charge in [-0.2, -0.15) is 5.10 Å². The van der Waals surface area contributed by atoms with E-state index < -0.39 is 0 Å². The van der Waals surface area contributed by atoms with E-state index in [0.717, 1.165) is 66.4 Å². The summed E-state index contributed by atoms with van der Waals surface area (Å²) in [4.78, 5) is 16.5. The summed E-state index contributed by atoms with van der Waals surface area (Å²) in [5.41, 5.74) is 3.02. The Morgan fingerprint density at radius 1 is 1.22 bits per heavy atom. The van der Waals surface area contributed by atoms with E-state index in [4.69, 9.17) is 9.72 Å². The first kappa shape index (κ1) is 17.8. The van der Waals surface area contributed by atoms with Crippen LogP contribution in [0.4, 0.5) is 5.69 Å². The molecule has 3 aromatic rings. The summed E-state index contributed by atoms with van der Waals surface area (Å²) in [6.45, 7) is 3.77. The van der Waals surface area contributed by atoms with Crippen LogP contribution in [0, 0.1) is 11.8 Å². The van der Waals surface area contributed by atoms with E-state index in [1.165, 1.54) is 7.11 Å². The maximum atomic E-state index is 11.7. The number of nitrogens with zero attached hydrogens (tertiary/aromatic N) is 3. The topological polar surface area (TPSA) is 69.0 Å². The monoisotopic (exact) mass is 366 g/mol. The third-order valence-electron chi connectivity index (χ3n) is 5.73. The maximum absolute atomic E-state index is 11.7. The molecule has 0 atom stereocenters. The predicted octanol–water partition coefficient (Wildman–Crippen LogP) is 4.00. The second kappa shape index (κ2) is 7.55. The molecule has 2 aromatic heterocycles. The van der Waals surface area contributed by atoms with Gasteiger partial charge in [-0.05, 0) is 44.6 Å². The van der Waals surface area contributed by atoms with Gasteiger partial charge in [-0.1, -0.05) is 18.2 Å². The van der Waals surface area contributed by atoms with Crippen LogP contribution < -0.4 is 5.32 Å². The maximum Gasteiger partial charge on any atom is 0.308 e. The fourth-order valence-electron chi connectivity index (χ4n) is 4.15. The molecular formula is C21H26N4O2. The number of aryl methyl sites for hydroxylation is 1. The van der Waals surface area contributed by atoms with E-state index in [1.54, 1.807) is 0 Å².